The Morgan fingerprint density at radius 3 is 1.87 bits per heavy atom. The van der Waals surface area contributed by atoms with Crippen molar-refractivity contribution in [3.63, 3.8) is 0 Å². The van der Waals surface area contributed by atoms with Crippen molar-refractivity contribution >= 4 is 16.6 Å². The minimum absolute atomic E-state index is 0.0823. The molecule has 1 aliphatic heterocycles. The van der Waals surface area contributed by atoms with Gasteiger partial charge in [0, 0.05) is 35.6 Å². The number of piperidine rings is 1. The van der Waals surface area contributed by atoms with Crippen LogP contribution in [0.25, 0.3) is 0 Å². The Bertz CT molecular complexity index is 745. The first-order valence-electron chi connectivity index (χ1n) is 15.9. The lowest BCUT2D eigenvalue weighted by atomic mass is 9.78. The minimum atomic E-state index is -1.98. The van der Waals surface area contributed by atoms with E-state index in [1.165, 1.54) is 19.3 Å². The molecule has 0 aromatic rings. The van der Waals surface area contributed by atoms with Crippen LogP contribution in [-0.4, -0.2) is 62.6 Å². The molecule has 1 saturated carbocycles. The van der Waals surface area contributed by atoms with Crippen LogP contribution >= 0.6 is 0 Å². The number of aliphatic hydroxyl groups excluding tert-OH is 1. The average molecular weight is 568 g/mol. The molecule has 1 saturated heterocycles. The minimum Gasteiger partial charge on any atom is -0.413 e. The summed E-state index contributed by atoms with van der Waals surface area (Å²) < 4.78 is 14.2. The van der Waals surface area contributed by atoms with Gasteiger partial charge in [-0.1, -0.05) is 60.6 Å². The quantitative estimate of drug-likeness (QED) is 0.189. The third kappa shape index (κ3) is 7.44. The third-order valence-corrected chi connectivity index (χ3v) is 20.0. The monoisotopic (exact) mass is 567 g/mol. The summed E-state index contributed by atoms with van der Waals surface area (Å²) in [6.45, 7) is 30.8. The SMILES string of the molecule is CCC(/C=C/[C@@H]1[C@H](CO)[C@@H](O[Si](CC)(CC)CC)C[C@H]1O[Si](C)(C)C(C)(C)C)N1C(C)(C)CCCC1(C)C. The summed E-state index contributed by atoms with van der Waals surface area (Å²) in [7, 11) is -3.78. The van der Waals surface area contributed by atoms with Gasteiger partial charge in [0.2, 0.25) is 0 Å². The Labute approximate surface area is 239 Å². The molecule has 1 N–H and O–H groups in total. The molecule has 0 spiro atoms. The largest absolute Gasteiger partial charge is 0.413 e. The zero-order valence-electron chi connectivity index (χ0n) is 27.6. The molecule has 2 aliphatic rings. The summed E-state index contributed by atoms with van der Waals surface area (Å²) in [5.74, 6) is 0.277. The number of aliphatic hydroxyl groups is 1. The molecule has 4 nitrogen and oxygen atoms in total. The van der Waals surface area contributed by atoms with E-state index in [1.807, 2.05) is 0 Å². The van der Waals surface area contributed by atoms with E-state index in [-0.39, 0.29) is 46.8 Å². The highest BCUT2D eigenvalue weighted by molar-refractivity contribution is 6.74. The van der Waals surface area contributed by atoms with Gasteiger partial charge < -0.3 is 14.0 Å². The van der Waals surface area contributed by atoms with E-state index in [4.69, 9.17) is 8.85 Å². The molecule has 0 aromatic heterocycles. The van der Waals surface area contributed by atoms with E-state index in [1.54, 1.807) is 0 Å². The normalized spacial score (nSPS) is 29.7. The predicted octanol–water partition coefficient (Wildman–Crippen LogP) is 8.77. The smallest absolute Gasteiger partial charge is 0.192 e. The molecular formula is C32H65NO3Si2. The van der Waals surface area contributed by atoms with E-state index in [0.717, 1.165) is 31.0 Å². The maximum atomic E-state index is 10.8. The zero-order chi connectivity index (χ0) is 29.2. The molecule has 224 valence electrons. The highest BCUT2D eigenvalue weighted by Crippen LogP contribution is 2.46. The van der Waals surface area contributed by atoms with Crippen LogP contribution in [0.2, 0.25) is 36.3 Å². The topological polar surface area (TPSA) is 41.9 Å². The average Bonchev–Trinajstić information content (AvgIpc) is 3.12. The van der Waals surface area contributed by atoms with Crippen molar-refractivity contribution in [1.29, 1.82) is 0 Å². The fourth-order valence-corrected chi connectivity index (χ4v) is 11.6. The van der Waals surface area contributed by atoms with Crippen molar-refractivity contribution in [2.45, 2.75) is 174 Å². The first-order valence-corrected chi connectivity index (χ1v) is 21.3. The number of likely N-dealkylation sites (tertiary alicyclic amines) is 1. The summed E-state index contributed by atoms with van der Waals surface area (Å²) >= 11 is 0. The Morgan fingerprint density at radius 1 is 0.921 bits per heavy atom. The summed E-state index contributed by atoms with van der Waals surface area (Å²) in [5, 5.41) is 10.9. The molecule has 1 unspecified atom stereocenters. The lowest BCUT2D eigenvalue weighted by Gasteiger charge is -2.56. The van der Waals surface area contributed by atoms with Gasteiger partial charge in [-0.25, -0.2) is 0 Å². The molecule has 1 aliphatic carbocycles. The lowest BCUT2D eigenvalue weighted by molar-refractivity contribution is -0.0488. The van der Waals surface area contributed by atoms with Gasteiger partial charge in [0.25, 0.3) is 0 Å². The van der Waals surface area contributed by atoms with Crippen molar-refractivity contribution in [1.82, 2.24) is 4.90 Å². The van der Waals surface area contributed by atoms with Crippen LogP contribution in [-0.2, 0) is 8.85 Å². The van der Waals surface area contributed by atoms with Crippen LogP contribution in [0, 0.1) is 11.8 Å². The van der Waals surface area contributed by atoms with Crippen molar-refractivity contribution in [3.8, 4) is 0 Å². The van der Waals surface area contributed by atoms with E-state index in [2.05, 4.69) is 106 Å². The van der Waals surface area contributed by atoms with Gasteiger partial charge in [-0.3, -0.25) is 4.90 Å². The Balaban J connectivity index is 2.47. The number of hydrogen-bond donors (Lipinski definition) is 1. The highest BCUT2D eigenvalue weighted by atomic mass is 28.4. The molecule has 0 amide bonds. The molecular weight excluding hydrogens is 503 g/mol. The fourth-order valence-electron chi connectivity index (χ4n) is 7.30. The van der Waals surface area contributed by atoms with Gasteiger partial charge in [-0.15, -0.1) is 0 Å². The summed E-state index contributed by atoms with van der Waals surface area (Å²) in [5.41, 5.74) is 0.353. The maximum Gasteiger partial charge on any atom is 0.192 e. The van der Waals surface area contributed by atoms with E-state index >= 15 is 0 Å². The Morgan fingerprint density at radius 2 is 1.45 bits per heavy atom. The van der Waals surface area contributed by atoms with Crippen molar-refractivity contribution in [3.05, 3.63) is 12.2 Å². The number of nitrogens with zero attached hydrogens (tertiary/aromatic N) is 1. The van der Waals surface area contributed by atoms with Gasteiger partial charge in [0.05, 0.1) is 12.2 Å². The van der Waals surface area contributed by atoms with Gasteiger partial charge >= 0.3 is 0 Å². The van der Waals surface area contributed by atoms with Crippen molar-refractivity contribution in [2.24, 2.45) is 11.8 Å². The Hall–Kier alpha value is 0.0138. The molecule has 0 bridgehead atoms. The molecule has 0 radical (unpaired) electrons. The molecule has 2 rings (SSSR count). The van der Waals surface area contributed by atoms with Crippen LogP contribution in [0.1, 0.15) is 108 Å². The van der Waals surface area contributed by atoms with Crippen molar-refractivity contribution in [2.75, 3.05) is 6.61 Å². The van der Waals surface area contributed by atoms with Gasteiger partial charge in [-0.05, 0) is 96.1 Å². The van der Waals surface area contributed by atoms with Crippen LogP contribution in [0.15, 0.2) is 12.2 Å². The first kappa shape index (κ1) is 34.2. The van der Waals surface area contributed by atoms with Crippen molar-refractivity contribution < 1.29 is 14.0 Å². The standard InChI is InChI=1S/C32H65NO3Si2/c1-14-25(33-31(8,9)21-18-22-32(33,10)11)19-20-26-27(24-34)29(36-38(15-2,16-3)17-4)23-28(26)35-37(12,13)30(5,6)7/h19-20,25-29,34H,14-18,21-24H2,1-13H3/b20-19+/t25?,26-,27+,28-,29+/m1/s1. The van der Waals surface area contributed by atoms with E-state index < -0.39 is 16.6 Å². The molecule has 1 heterocycles. The van der Waals surface area contributed by atoms with Crippen LogP contribution in [0.5, 0.6) is 0 Å². The summed E-state index contributed by atoms with van der Waals surface area (Å²) in [4.78, 5) is 2.78. The summed E-state index contributed by atoms with van der Waals surface area (Å²) in [6.07, 6.45) is 10.9. The molecule has 6 heteroatoms. The predicted molar refractivity (Wildman–Crippen MR) is 170 cm³/mol. The van der Waals surface area contributed by atoms with Crippen LogP contribution < -0.4 is 0 Å². The van der Waals surface area contributed by atoms with Gasteiger partial charge in [0.1, 0.15) is 0 Å². The number of hydrogen-bond acceptors (Lipinski definition) is 4. The van der Waals surface area contributed by atoms with Gasteiger partial charge in [-0.2, -0.15) is 0 Å². The molecule has 2 fully saturated rings. The highest BCUT2D eigenvalue weighted by Gasteiger charge is 2.50. The van der Waals surface area contributed by atoms with E-state index in [0.29, 0.717) is 6.04 Å². The molecule has 5 atom stereocenters. The second-order valence-corrected chi connectivity index (χ2v) is 24.7. The summed E-state index contributed by atoms with van der Waals surface area (Å²) in [6, 6.07) is 3.79. The maximum absolute atomic E-state index is 10.8. The Kier molecular flexibility index (Phi) is 11.6. The molecule has 0 aromatic carbocycles. The lowest BCUT2D eigenvalue weighted by Crippen LogP contribution is -2.61. The fraction of sp³-hybridized carbons (Fsp3) is 0.938. The zero-order valence-corrected chi connectivity index (χ0v) is 29.6. The van der Waals surface area contributed by atoms with Gasteiger partial charge in [0.15, 0.2) is 16.6 Å². The van der Waals surface area contributed by atoms with Crippen LogP contribution in [0.4, 0.5) is 0 Å². The third-order valence-electron chi connectivity index (χ3n) is 10.9. The molecule has 38 heavy (non-hydrogen) atoms. The second kappa shape index (κ2) is 12.9. The number of rotatable bonds is 12. The first-order chi connectivity index (χ1) is 17.4. The second-order valence-electron chi connectivity index (χ2n) is 15.2. The van der Waals surface area contributed by atoms with Crippen LogP contribution in [0.3, 0.4) is 0 Å². The van der Waals surface area contributed by atoms with E-state index in [9.17, 15) is 5.11 Å².